The van der Waals surface area contributed by atoms with Crippen LogP contribution in [0, 0.1) is 0 Å². The molecule has 5 rings (SSSR count). The van der Waals surface area contributed by atoms with Gasteiger partial charge in [-0.25, -0.2) is 18.2 Å². The number of fused-ring (bicyclic) bond motifs is 1. The van der Waals surface area contributed by atoms with Crippen LogP contribution in [0.2, 0.25) is 0 Å². The van der Waals surface area contributed by atoms with Gasteiger partial charge in [0.05, 0.1) is 28.3 Å². The molecule has 33 heavy (non-hydrogen) atoms. The smallest absolute Gasteiger partial charge is 0.323 e. The van der Waals surface area contributed by atoms with Gasteiger partial charge in [-0.1, -0.05) is 31.7 Å². The van der Waals surface area contributed by atoms with Gasteiger partial charge in [-0.15, -0.1) is 0 Å². The van der Waals surface area contributed by atoms with Crippen LogP contribution in [0.25, 0.3) is 29.6 Å². The standard InChI is InChI=1S/C23H24N6O3S/c1-3-33(31,32)13-15-5-4-6-16(9-15)20-11-21(26-18-7-8-18)29-22(27-20)17(12-24-29)10-19-14(2)25-23(30)28-19/h4-6,9-12,18,26H,2-3,7-8,13H2,1H3,(H2,25,28,30)/b19-10-. The Kier molecular flexibility index (Phi) is 5.16. The van der Waals surface area contributed by atoms with Crippen LogP contribution in [-0.4, -0.2) is 44.8 Å². The lowest BCUT2D eigenvalue weighted by Gasteiger charge is -2.11. The van der Waals surface area contributed by atoms with Gasteiger partial charge < -0.3 is 15.3 Å². The lowest BCUT2D eigenvalue weighted by molar-refractivity contribution is 0.596. The third-order valence-corrected chi connectivity index (χ3v) is 7.27. The summed E-state index contributed by atoms with van der Waals surface area (Å²) in [6.07, 6.45) is 5.67. The van der Waals surface area contributed by atoms with Crippen molar-refractivity contribution in [2.24, 2.45) is 0 Å². The number of sulfone groups is 1. The van der Waals surface area contributed by atoms with Crippen molar-refractivity contribution in [3.05, 3.63) is 68.8 Å². The first-order chi connectivity index (χ1) is 15.8. The number of hydrogen-bond donors (Lipinski definition) is 3. The highest BCUT2D eigenvalue weighted by atomic mass is 32.2. The Bertz CT molecular complexity index is 1630. The highest BCUT2D eigenvalue weighted by molar-refractivity contribution is 7.90. The summed E-state index contributed by atoms with van der Waals surface area (Å²) in [5.74, 6) is 0.897. The van der Waals surface area contributed by atoms with Crippen LogP contribution in [0.5, 0.6) is 0 Å². The summed E-state index contributed by atoms with van der Waals surface area (Å²) in [6.45, 7) is 5.50. The molecule has 4 aromatic rings. The number of imidazole rings is 1. The number of H-pyrrole nitrogens is 2. The van der Waals surface area contributed by atoms with E-state index in [2.05, 4.69) is 27.0 Å². The maximum Gasteiger partial charge on any atom is 0.323 e. The van der Waals surface area contributed by atoms with Crippen molar-refractivity contribution in [3.63, 3.8) is 0 Å². The molecule has 170 valence electrons. The van der Waals surface area contributed by atoms with E-state index in [-0.39, 0.29) is 17.2 Å². The second-order valence-corrected chi connectivity index (χ2v) is 10.6. The normalized spacial score (nSPS) is 14.8. The fraction of sp³-hybridized carbons (Fsp3) is 0.261. The van der Waals surface area contributed by atoms with Crippen molar-refractivity contribution < 1.29 is 8.42 Å². The number of hydrogen-bond acceptors (Lipinski definition) is 6. The first-order valence-corrected chi connectivity index (χ1v) is 12.6. The molecular formula is C23H24N6O3S. The van der Waals surface area contributed by atoms with Crippen molar-refractivity contribution >= 4 is 34.0 Å². The molecule has 0 aliphatic heterocycles. The number of aromatic amines is 2. The van der Waals surface area contributed by atoms with Gasteiger partial charge in [0, 0.05) is 29.0 Å². The monoisotopic (exact) mass is 464 g/mol. The Labute approximate surface area is 189 Å². The summed E-state index contributed by atoms with van der Waals surface area (Å²) < 4.78 is 26.0. The zero-order valence-electron chi connectivity index (χ0n) is 18.1. The third kappa shape index (κ3) is 4.47. The number of nitrogens with one attached hydrogen (secondary N) is 3. The molecule has 0 bridgehead atoms. The molecule has 0 saturated heterocycles. The second kappa shape index (κ2) is 8.04. The van der Waals surface area contributed by atoms with E-state index in [0.29, 0.717) is 28.1 Å². The van der Waals surface area contributed by atoms with E-state index in [1.54, 1.807) is 23.7 Å². The summed E-state index contributed by atoms with van der Waals surface area (Å²) in [6, 6.07) is 9.77. The Hall–Kier alpha value is -3.66. The highest BCUT2D eigenvalue weighted by Crippen LogP contribution is 2.29. The average molecular weight is 465 g/mol. The first kappa shape index (κ1) is 21.2. The highest BCUT2D eigenvalue weighted by Gasteiger charge is 2.23. The van der Waals surface area contributed by atoms with E-state index in [1.807, 2.05) is 30.3 Å². The van der Waals surface area contributed by atoms with Gasteiger partial charge >= 0.3 is 5.69 Å². The summed E-state index contributed by atoms with van der Waals surface area (Å²) in [4.78, 5) is 21.8. The third-order valence-electron chi connectivity index (χ3n) is 5.62. The molecular weight excluding hydrogens is 440 g/mol. The minimum absolute atomic E-state index is 0.00833. The van der Waals surface area contributed by atoms with Crippen molar-refractivity contribution in [2.45, 2.75) is 31.6 Å². The van der Waals surface area contributed by atoms with Crippen LogP contribution in [0.4, 0.5) is 5.82 Å². The van der Waals surface area contributed by atoms with E-state index in [0.717, 1.165) is 35.3 Å². The van der Waals surface area contributed by atoms with Crippen LogP contribution in [0.1, 0.15) is 30.9 Å². The Morgan fingerprint density at radius 2 is 2.09 bits per heavy atom. The zero-order valence-corrected chi connectivity index (χ0v) is 18.9. The van der Waals surface area contributed by atoms with Crippen LogP contribution >= 0.6 is 0 Å². The topological polar surface area (TPSA) is 125 Å². The fourth-order valence-corrected chi connectivity index (χ4v) is 4.55. The van der Waals surface area contributed by atoms with Gasteiger partial charge in [-0.05, 0) is 30.5 Å². The number of anilines is 1. The van der Waals surface area contributed by atoms with Gasteiger partial charge in [0.15, 0.2) is 15.5 Å². The number of rotatable bonds is 7. The van der Waals surface area contributed by atoms with Gasteiger partial charge in [-0.2, -0.15) is 9.61 Å². The van der Waals surface area contributed by atoms with Crippen molar-refractivity contribution in [1.82, 2.24) is 24.6 Å². The predicted molar refractivity (Wildman–Crippen MR) is 128 cm³/mol. The van der Waals surface area contributed by atoms with Crippen molar-refractivity contribution in [2.75, 3.05) is 11.1 Å². The molecule has 3 N–H and O–H groups in total. The van der Waals surface area contributed by atoms with Crippen LogP contribution in [-0.2, 0) is 15.6 Å². The summed E-state index contributed by atoms with van der Waals surface area (Å²) in [7, 11) is -3.15. The molecule has 1 aromatic carbocycles. The summed E-state index contributed by atoms with van der Waals surface area (Å²) in [5.41, 5.74) is 3.25. The minimum atomic E-state index is -3.15. The molecule has 1 aliphatic rings. The fourth-order valence-electron chi connectivity index (χ4n) is 3.66. The lowest BCUT2D eigenvalue weighted by Crippen LogP contribution is -2.22. The molecule has 0 amide bonds. The molecule has 3 aromatic heterocycles. The molecule has 9 nitrogen and oxygen atoms in total. The van der Waals surface area contributed by atoms with Gasteiger partial charge in [-0.3, -0.25) is 0 Å². The van der Waals surface area contributed by atoms with E-state index < -0.39 is 9.84 Å². The minimum Gasteiger partial charge on any atom is -0.367 e. The quantitative estimate of drug-likeness (QED) is 0.377. The van der Waals surface area contributed by atoms with Crippen molar-refractivity contribution in [1.29, 1.82) is 0 Å². The van der Waals surface area contributed by atoms with Gasteiger partial charge in [0.2, 0.25) is 0 Å². The molecule has 1 aliphatic carbocycles. The predicted octanol–water partition coefficient (Wildman–Crippen LogP) is 1.16. The number of benzene rings is 1. The van der Waals surface area contributed by atoms with Crippen LogP contribution in [0.15, 0.2) is 41.3 Å². The summed E-state index contributed by atoms with van der Waals surface area (Å²) >= 11 is 0. The molecule has 1 fully saturated rings. The van der Waals surface area contributed by atoms with Crippen molar-refractivity contribution in [3.8, 4) is 11.3 Å². The Balaban J connectivity index is 1.65. The zero-order chi connectivity index (χ0) is 23.2. The Morgan fingerprint density at radius 1 is 1.27 bits per heavy atom. The van der Waals surface area contributed by atoms with E-state index >= 15 is 0 Å². The first-order valence-electron chi connectivity index (χ1n) is 10.8. The molecule has 0 radical (unpaired) electrons. The largest absolute Gasteiger partial charge is 0.367 e. The van der Waals surface area contributed by atoms with Crippen LogP contribution in [0.3, 0.4) is 0 Å². The van der Waals surface area contributed by atoms with Gasteiger partial charge in [0.1, 0.15) is 5.82 Å². The molecule has 0 unspecified atom stereocenters. The Morgan fingerprint density at radius 3 is 2.79 bits per heavy atom. The molecule has 0 spiro atoms. The summed E-state index contributed by atoms with van der Waals surface area (Å²) in [5, 5.41) is 9.04. The van der Waals surface area contributed by atoms with Gasteiger partial charge in [0.25, 0.3) is 0 Å². The van der Waals surface area contributed by atoms with E-state index in [9.17, 15) is 13.2 Å². The van der Waals surface area contributed by atoms with E-state index in [1.165, 1.54) is 0 Å². The molecule has 0 atom stereocenters. The molecule has 1 saturated carbocycles. The number of nitrogens with zero attached hydrogens (tertiary/aromatic N) is 3. The maximum atomic E-state index is 12.1. The SMILES string of the molecule is C=c1[nH]c(=O)[nH]/c1=C\c1cnn2c(NC3CC3)cc(-c3cccc(CS(=O)(=O)CC)c3)nc12. The number of aromatic nitrogens is 5. The molecule has 3 heterocycles. The lowest BCUT2D eigenvalue weighted by atomic mass is 10.1. The van der Waals surface area contributed by atoms with E-state index in [4.69, 9.17) is 4.98 Å². The molecule has 10 heteroatoms. The van der Waals surface area contributed by atoms with Crippen LogP contribution < -0.4 is 21.7 Å². The maximum absolute atomic E-state index is 12.1. The average Bonchev–Trinajstić information content (AvgIpc) is 3.41. The second-order valence-electron chi connectivity index (χ2n) is 8.27.